The molecule has 0 saturated heterocycles. The molecule has 0 atom stereocenters. The lowest BCUT2D eigenvalue weighted by Crippen LogP contribution is -1.90. The fourth-order valence-corrected chi connectivity index (χ4v) is 1.58. The van der Waals surface area contributed by atoms with Gasteiger partial charge in [0, 0.05) is 29.7 Å². The van der Waals surface area contributed by atoms with Gasteiger partial charge >= 0.3 is 0 Å². The number of rotatable bonds is 2. The molecule has 8 nitrogen and oxygen atoms in total. The number of nitrogens with zero attached hydrogens (tertiary/aromatic N) is 3. The average molecular weight is 286 g/mol. The van der Waals surface area contributed by atoms with Crippen molar-refractivity contribution in [3.05, 3.63) is 75.0 Å². The first-order chi connectivity index (χ1) is 10.1. The van der Waals surface area contributed by atoms with Crippen molar-refractivity contribution in [2.24, 2.45) is 0 Å². The van der Waals surface area contributed by atoms with Crippen molar-refractivity contribution in [2.75, 3.05) is 0 Å². The van der Waals surface area contributed by atoms with Crippen LogP contribution in [0.4, 0.5) is 11.4 Å². The Bertz CT molecular complexity index is 704. The van der Waals surface area contributed by atoms with Crippen LogP contribution in [-0.2, 0) is 0 Å². The average Bonchev–Trinajstić information content (AvgIpc) is 2.96. The summed E-state index contributed by atoms with van der Waals surface area (Å²) in [5, 5.41) is 28.1. The Kier molecular flexibility index (Phi) is 4.20. The van der Waals surface area contributed by atoms with Gasteiger partial charge in [-0.05, 0) is 6.07 Å². The van der Waals surface area contributed by atoms with Crippen LogP contribution >= 0.6 is 0 Å². The van der Waals surface area contributed by atoms with Crippen molar-refractivity contribution in [2.45, 2.75) is 0 Å². The number of aromatic amines is 1. The summed E-state index contributed by atoms with van der Waals surface area (Å²) >= 11 is 0. The van der Waals surface area contributed by atoms with Gasteiger partial charge in [0.2, 0.25) is 0 Å². The van der Waals surface area contributed by atoms with E-state index in [1.54, 1.807) is 0 Å². The van der Waals surface area contributed by atoms with Crippen molar-refractivity contribution in [3.63, 3.8) is 0 Å². The molecule has 1 N–H and O–H groups in total. The number of hydrogen-bond donors (Lipinski definition) is 1. The molecule has 2 aromatic carbocycles. The third kappa shape index (κ3) is 3.60. The maximum atomic E-state index is 10.1. The number of aromatic nitrogens is 2. The second-order valence-corrected chi connectivity index (χ2v) is 3.99. The highest BCUT2D eigenvalue weighted by molar-refractivity contribution is 5.77. The number of nitrogens with one attached hydrogen (secondary N) is 1. The molecule has 0 bridgehead atoms. The zero-order valence-electron chi connectivity index (χ0n) is 10.7. The van der Waals surface area contributed by atoms with Gasteiger partial charge in [0.15, 0.2) is 0 Å². The first-order valence-corrected chi connectivity index (χ1v) is 5.85. The zero-order valence-corrected chi connectivity index (χ0v) is 10.7. The number of para-hydroxylation sites is 1. The lowest BCUT2D eigenvalue weighted by molar-refractivity contribution is -0.389. The van der Waals surface area contributed by atoms with E-state index in [9.17, 15) is 20.2 Å². The second kappa shape index (κ2) is 6.24. The summed E-state index contributed by atoms with van der Waals surface area (Å²) in [6, 6.07) is 12.4. The van der Waals surface area contributed by atoms with Gasteiger partial charge in [0.05, 0.1) is 21.6 Å². The highest BCUT2D eigenvalue weighted by Gasteiger charge is 2.08. The molecular formula is C13H10N4O4. The van der Waals surface area contributed by atoms with Gasteiger partial charge in [0.25, 0.3) is 11.4 Å². The molecule has 0 aliphatic carbocycles. The maximum Gasteiger partial charge on any atom is 0.269 e. The van der Waals surface area contributed by atoms with Crippen LogP contribution in [0.5, 0.6) is 0 Å². The molecular weight excluding hydrogens is 276 g/mol. The molecule has 0 saturated carbocycles. The van der Waals surface area contributed by atoms with Gasteiger partial charge in [-0.15, -0.1) is 0 Å². The van der Waals surface area contributed by atoms with Crippen LogP contribution in [0.2, 0.25) is 0 Å². The van der Waals surface area contributed by atoms with Crippen LogP contribution in [0.15, 0.2) is 54.7 Å². The minimum absolute atomic E-state index is 0.152. The molecule has 0 amide bonds. The summed E-state index contributed by atoms with van der Waals surface area (Å²) in [6.45, 7) is 0. The quantitative estimate of drug-likeness (QED) is 0.574. The summed E-state index contributed by atoms with van der Waals surface area (Å²) in [5.41, 5.74) is 0.790. The molecule has 0 aliphatic heterocycles. The maximum absolute atomic E-state index is 10.1. The molecule has 0 unspecified atom stereocenters. The molecule has 0 aliphatic rings. The third-order valence-electron chi connectivity index (χ3n) is 2.62. The molecule has 106 valence electrons. The first-order valence-electron chi connectivity index (χ1n) is 5.85. The smallest absolute Gasteiger partial charge is 0.269 e. The van der Waals surface area contributed by atoms with E-state index in [1.807, 2.05) is 30.5 Å². The van der Waals surface area contributed by atoms with Crippen LogP contribution in [0.3, 0.4) is 0 Å². The van der Waals surface area contributed by atoms with E-state index >= 15 is 0 Å². The molecule has 0 spiro atoms. The van der Waals surface area contributed by atoms with Crippen molar-refractivity contribution in [3.8, 4) is 0 Å². The number of nitro groups is 2. The normalized spacial score (nSPS) is 9.71. The number of nitro benzene ring substituents is 2. The summed E-state index contributed by atoms with van der Waals surface area (Å²) < 4.78 is 0. The van der Waals surface area contributed by atoms with Crippen LogP contribution in [0, 0.1) is 20.2 Å². The van der Waals surface area contributed by atoms with E-state index in [2.05, 4.69) is 10.2 Å². The molecule has 0 radical (unpaired) electrons. The Morgan fingerprint density at radius 2 is 1.38 bits per heavy atom. The van der Waals surface area contributed by atoms with Crippen LogP contribution < -0.4 is 0 Å². The minimum atomic E-state index is -0.607. The van der Waals surface area contributed by atoms with E-state index in [0.717, 1.165) is 35.2 Å². The SMILES string of the molecule is O=[N+]([O-])c1ccc([N+](=O)[O-])cc1.c1ccc2[nH]ncc2c1. The Morgan fingerprint density at radius 1 is 0.857 bits per heavy atom. The standard InChI is InChI=1S/C7H6N2.C6H4N2O4/c1-2-4-7-6(3-1)5-8-9-7;9-7(10)5-1-2-6(4-3-5)8(11)12/h1-5H,(H,8,9);1-4H. The van der Waals surface area contributed by atoms with Crippen LogP contribution in [0.25, 0.3) is 10.9 Å². The number of hydrogen-bond acceptors (Lipinski definition) is 5. The van der Waals surface area contributed by atoms with Gasteiger partial charge in [-0.3, -0.25) is 25.3 Å². The number of non-ortho nitro benzene ring substituents is 2. The lowest BCUT2D eigenvalue weighted by Gasteiger charge is -1.90. The number of H-pyrrole nitrogens is 1. The zero-order chi connectivity index (χ0) is 15.2. The molecule has 21 heavy (non-hydrogen) atoms. The van der Waals surface area contributed by atoms with Gasteiger partial charge in [0.1, 0.15) is 0 Å². The Balaban J connectivity index is 0.000000159. The molecule has 1 aromatic heterocycles. The van der Waals surface area contributed by atoms with E-state index < -0.39 is 9.85 Å². The largest absolute Gasteiger partial charge is 0.278 e. The predicted molar refractivity (Wildman–Crippen MR) is 75.8 cm³/mol. The number of benzene rings is 2. The molecule has 1 heterocycles. The van der Waals surface area contributed by atoms with Crippen molar-refractivity contribution in [1.29, 1.82) is 0 Å². The topological polar surface area (TPSA) is 115 Å². The Hall–Kier alpha value is -3.29. The van der Waals surface area contributed by atoms with E-state index in [4.69, 9.17) is 0 Å². The van der Waals surface area contributed by atoms with Crippen molar-refractivity contribution < 1.29 is 9.85 Å². The van der Waals surface area contributed by atoms with Crippen molar-refractivity contribution >= 4 is 22.3 Å². The van der Waals surface area contributed by atoms with Gasteiger partial charge < -0.3 is 0 Å². The third-order valence-corrected chi connectivity index (χ3v) is 2.62. The molecule has 8 heteroatoms. The number of fused-ring (bicyclic) bond motifs is 1. The lowest BCUT2D eigenvalue weighted by atomic mass is 10.3. The summed E-state index contributed by atoms with van der Waals surface area (Å²) in [5.74, 6) is 0. The Morgan fingerprint density at radius 3 is 1.86 bits per heavy atom. The van der Waals surface area contributed by atoms with Crippen molar-refractivity contribution in [1.82, 2.24) is 10.2 Å². The second-order valence-electron chi connectivity index (χ2n) is 3.99. The first kappa shape index (κ1) is 14.1. The molecule has 3 aromatic rings. The predicted octanol–water partition coefficient (Wildman–Crippen LogP) is 3.07. The monoisotopic (exact) mass is 286 g/mol. The van der Waals surface area contributed by atoms with E-state index in [-0.39, 0.29) is 11.4 Å². The van der Waals surface area contributed by atoms with Gasteiger partial charge in [-0.25, -0.2) is 0 Å². The summed E-state index contributed by atoms with van der Waals surface area (Å²) in [7, 11) is 0. The summed E-state index contributed by atoms with van der Waals surface area (Å²) in [4.78, 5) is 19.0. The molecule has 0 fully saturated rings. The van der Waals surface area contributed by atoms with E-state index in [1.165, 1.54) is 0 Å². The van der Waals surface area contributed by atoms with E-state index in [0.29, 0.717) is 0 Å². The van der Waals surface area contributed by atoms with Gasteiger partial charge in [-0.2, -0.15) is 5.10 Å². The van der Waals surface area contributed by atoms with Crippen LogP contribution in [-0.4, -0.2) is 20.0 Å². The highest BCUT2D eigenvalue weighted by atomic mass is 16.6. The molecule has 3 rings (SSSR count). The van der Waals surface area contributed by atoms with Crippen LogP contribution in [0.1, 0.15) is 0 Å². The Labute approximate surface area is 118 Å². The fourth-order valence-electron chi connectivity index (χ4n) is 1.58. The minimum Gasteiger partial charge on any atom is -0.278 e. The van der Waals surface area contributed by atoms with Gasteiger partial charge in [-0.1, -0.05) is 18.2 Å². The highest BCUT2D eigenvalue weighted by Crippen LogP contribution is 2.16. The fraction of sp³-hybridized carbons (Fsp3) is 0. The summed E-state index contributed by atoms with van der Waals surface area (Å²) in [6.07, 6.45) is 1.81.